The van der Waals surface area contributed by atoms with Crippen LogP contribution in [-0.2, 0) is 50.8 Å². The van der Waals surface area contributed by atoms with Gasteiger partial charge in [0.05, 0.1) is 0 Å². The Balaban J connectivity index is 0.000000275. The van der Waals surface area contributed by atoms with E-state index in [4.69, 9.17) is 81.2 Å². The van der Waals surface area contributed by atoms with Crippen LogP contribution < -0.4 is 36.2 Å². The lowest BCUT2D eigenvalue weighted by Crippen LogP contribution is -2.18. The van der Waals surface area contributed by atoms with Crippen LogP contribution in [0.25, 0.3) is 0 Å². The Kier molecular flexibility index (Phi) is 23.1. The lowest BCUT2D eigenvalue weighted by molar-refractivity contribution is 0.398. The van der Waals surface area contributed by atoms with Crippen LogP contribution in [0.3, 0.4) is 0 Å². The van der Waals surface area contributed by atoms with Crippen molar-refractivity contribution < 1.29 is 54.5 Å². The average molecular weight is 1440 g/mol. The molecule has 20 heteroatoms. The van der Waals surface area contributed by atoms with Gasteiger partial charge in [0.1, 0.15) is 46.0 Å². The van der Waals surface area contributed by atoms with Gasteiger partial charge in [-0.05, 0) is 166 Å². The zero-order valence-electron chi connectivity index (χ0n) is 57.4. The minimum absolute atomic E-state index is 0.0647. The van der Waals surface area contributed by atoms with Gasteiger partial charge in [0, 0.05) is 66.9 Å². The topological polar surface area (TPSA) is 142 Å². The highest BCUT2D eigenvalue weighted by molar-refractivity contribution is 7.83. The van der Waals surface area contributed by atoms with E-state index in [0.29, 0.717) is 46.0 Å². The largest absolute Gasteiger partial charge is 0.530 e. The maximum atomic E-state index is 13.4. The lowest BCUT2D eigenvalue weighted by atomic mass is 9.78. The van der Waals surface area contributed by atoms with Gasteiger partial charge in [-0.2, -0.15) is 0 Å². The van der Waals surface area contributed by atoms with E-state index in [9.17, 15) is 18.3 Å². The van der Waals surface area contributed by atoms with Crippen molar-refractivity contribution in [1.82, 2.24) is 0 Å². The predicted molar refractivity (Wildman–Crippen MR) is 388 cm³/mol. The number of benzene rings is 8. The second-order valence-corrected chi connectivity index (χ2v) is 38.5. The molecule has 0 aliphatic heterocycles. The second-order valence-electron chi connectivity index (χ2n) is 28.7. The van der Waals surface area contributed by atoms with Crippen LogP contribution in [0.4, 0.5) is 0 Å². The van der Waals surface area contributed by atoms with Crippen molar-refractivity contribution in [3.8, 4) is 46.0 Å². The molecule has 94 heavy (non-hydrogen) atoms. The molecule has 0 radical (unpaired) electrons. The molecular weight excluding hydrogens is 1350 g/mol. The Hall–Kier alpha value is -5.76. The molecule has 504 valence electrons. The molecule has 8 aromatic rings. The molecule has 4 atom stereocenters. The highest BCUT2D eigenvalue weighted by atomic mass is 35.7. The van der Waals surface area contributed by atoms with Gasteiger partial charge < -0.3 is 36.2 Å². The minimum atomic E-state index is -4.05. The van der Waals surface area contributed by atoms with E-state index in [1.54, 1.807) is 48.5 Å². The molecule has 0 saturated carbocycles. The second kappa shape index (κ2) is 28.7. The fraction of sp³-hybridized carbons (Fsp3) is 0.351. The predicted octanol–water partition coefficient (Wildman–Crippen LogP) is 25.7. The monoisotopic (exact) mass is 1430 g/mol. The van der Waals surface area contributed by atoms with Gasteiger partial charge in [0.25, 0.3) is 0 Å². The molecule has 0 N–H and O–H groups in total. The molecular formula is C74H88Cl4O12P4. The molecule has 0 amide bonds. The Morgan fingerprint density at radius 2 is 0.479 bits per heavy atom. The first-order chi connectivity index (χ1) is 43.1. The van der Waals surface area contributed by atoms with E-state index in [1.165, 1.54) is 0 Å². The molecule has 12 nitrogen and oxygen atoms in total. The van der Waals surface area contributed by atoms with Crippen molar-refractivity contribution in [2.75, 3.05) is 0 Å². The van der Waals surface area contributed by atoms with E-state index in [-0.39, 0.29) is 21.7 Å². The summed E-state index contributed by atoms with van der Waals surface area (Å²) in [7, 11) is 0. The van der Waals surface area contributed by atoms with Crippen LogP contribution >= 0.6 is 72.8 Å². The van der Waals surface area contributed by atoms with Crippen LogP contribution in [0.15, 0.2) is 170 Å². The molecule has 0 aromatic heterocycles. The summed E-state index contributed by atoms with van der Waals surface area (Å²) < 4.78 is 98.1. The van der Waals surface area contributed by atoms with Gasteiger partial charge in [-0.25, -0.2) is 18.3 Å². The van der Waals surface area contributed by atoms with Gasteiger partial charge >= 0.3 is 27.8 Å². The summed E-state index contributed by atoms with van der Waals surface area (Å²) in [6.07, 6.45) is 0. The van der Waals surface area contributed by atoms with Crippen molar-refractivity contribution in [1.29, 1.82) is 0 Å². The van der Waals surface area contributed by atoms with Gasteiger partial charge in [0.2, 0.25) is 0 Å². The van der Waals surface area contributed by atoms with Gasteiger partial charge in [0.15, 0.2) is 0 Å². The van der Waals surface area contributed by atoms with E-state index < -0.39 is 38.6 Å². The van der Waals surface area contributed by atoms with Crippen molar-refractivity contribution in [2.45, 2.75) is 171 Å². The fourth-order valence-electron chi connectivity index (χ4n) is 10.3. The van der Waals surface area contributed by atoms with Crippen molar-refractivity contribution in [2.24, 2.45) is 0 Å². The van der Waals surface area contributed by atoms with Gasteiger partial charge in [-0.3, -0.25) is 0 Å². The van der Waals surface area contributed by atoms with Gasteiger partial charge in [-0.1, -0.05) is 220 Å². The Bertz CT molecular complexity index is 3880. The lowest BCUT2D eigenvalue weighted by Gasteiger charge is -2.28. The Morgan fingerprint density at radius 1 is 0.266 bits per heavy atom. The summed E-state index contributed by atoms with van der Waals surface area (Å²) in [5, 5.41) is 0. The van der Waals surface area contributed by atoms with E-state index in [2.05, 4.69) is 123 Å². The third-order valence-electron chi connectivity index (χ3n) is 16.1. The van der Waals surface area contributed by atoms with E-state index in [1.807, 2.05) is 137 Å². The summed E-state index contributed by atoms with van der Waals surface area (Å²) >= 11 is 25.1. The molecule has 0 spiro atoms. The molecule has 8 aromatic carbocycles. The molecule has 0 heterocycles. The third-order valence-corrected chi connectivity index (χ3v) is 21.1. The maximum absolute atomic E-state index is 13.4. The summed E-state index contributed by atoms with van der Waals surface area (Å²) in [5.74, 6) is 3.01. The third kappa shape index (κ3) is 20.2. The molecule has 0 fully saturated rings. The zero-order valence-corrected chi connectivity index (χ0v) is 64.0. The fourth-order valence-corrected chi connectivity index (χ4v) is 15.6. The number of hydrogen-bond donors (Lipinski definition) is 0. The van der Waals surface area contributed by atoms with Crippen molar-refractivity contribution >= 4 is 72.8 Å². The van der Waals surface area contributed by atoms with Crippen LogP contribution in [0.2, 0.25) is 0 Å². The highest BCUT2D eigenvalue weighted by Crippen LogP contribution is 2.59. The number of halogens is 4. The van der Waals surface area contributed by atoms with E-state index in [0.717, 1.165) is 66.8 Å². The first-order valence-corrected chi connectivity index (χ1v) is 40.5. The molecule has 0 aliphatic carbocycles. The summed E-state index contributed by atoms with van der Waals surface area (Å²) in [6.45, 7) is 25.0. The van der Waals surface area contributed by atoms with Gasteiger partial charge in [-0.15, -0.1) is 0 Å². The zero-order chi connectivity index (χ0) is 70.0. The normalized spacial score (nSPS) is 14.9. The number of rotatable bonds is 20. The first kappa shape index (κ1) is 75.6. The SMILES string of the molecule is CC(C)(C)c1ccc(OP(=O)(Cl)Oc2ccc(C(C)(C)c3ccc(OP(=O)(Cl)Oc4ccc(C(C)(C)C)cc4C(C)(C)C)cc3)cc2)c(C(C)(C)C)c1.Cc1cccc(C)c1OP(=O)(Cl)Oc1ccc(C(C)(C)c2ccc(OP(=O)(Cl)Oc3c(C)cccc3C)cc2)cc1. The van der Waals surface area contributed by atoms with Crippen LogP contribution in [0.1, 0.15) is 178 Å². The Labute approximate surface area is 576 Å². The van der Waals surface area contributed by atoms with Crippen molar-refractivity contribution in [3.05, 3.63) is 237 Å². The summed E-state index contributed by atoms with van der Waals surface area (Å²) in [6, 6.07) is 51.7. The molecule has 0 aliphatic rings. The number of aryl methyl sites for hydroxylation is 4. The molecule has 8 rings (SSSR count). The standard InChI is InChI=1S/C43H56Cl2O6P2.C31H32Cl2O6P2/c1-39(2,3)31-19-25-37(35(27-31)41(7,8)9)50-52(44,46)48-33-21-15-29(16-22-33)43(13,14)30-17-23-34(24-18-30)49-53(45,47)51-38-26-20-32(40(4,5)6)28-36(38)42(10,11)12;1-21-9-7-10-22(2)29(21)38-40(32,34)36-27-17-13-25(14-18-27)31(5,6)26-15-19-28(20-16-26)37-41(33,35)39-30-23(3)11-8-12-24(30)4/h15-28H,1-14H3;7-20H,1-6H3. The minimum Gasteiger partial charge on any atom is -0.405 e. The van der Waals surface area contributed by atoms with Crippen LogP contribution in [0.5, 0.6) is 46.0 Å². The summed E-state index contributed by atoms with van der Waals surface area (Å²) in [5.41, 5.74) is 9.63. The van der Waals surface area contributed by atoms with E-state index >= 15 is 0 Å². The van der Waals surface area contributed by atoms with Crippen LogP contribution in [-0.4, -0.2) is 0 Å². The average Bonchev–Trinajstić information content (AvgIpc) is 0.813. The highest BCUT2D eigenvalue weighted by Gasteiger charge is 2.35. The smallest absolute Gasteiger partial charge is 0.405 e. The Morgan fingerprint density at radius 3 is 0.691 bits per heavy atom. The number of para-hydroxylation sites is 2. The molecule has 4 unspecified atom stereocenters. The van der Waals surface area contributed by atoms with Crippen molar-refractivity contribution in [3.63, 3.8) is 0 Å². The number of hydrogen-bond acceptors (Lipinski definition) is 12. The summed E-state index contributed by atoms with van der Waals surface area (Å²) in [4.78, 5) is 0. The molecule has 0 saturated heterocycles. The van der Waals surface area contributed by atoms with Crippen LogP contribution in [0, 0.1) is 27.7 Å². The maximum Gasteiger partial charge on any atom is 0.530 e. The molecule has 0 bridgehead atoms. The quantitative estimate of drug-likeness (QED) is 0.0670. The first-order valence-electron chi connectivity index (χ1n) is 30.7.